The normalized spacial score (nSPS) is 15.0. The largest absolute Gasteiger partial charge is 0.494 e. The highest BCUT2D eigenvalue weighted by Crippen LogP contribution is 2.31. The Kier molecular flexibility index (Phi) is 5.69. The van der Waals surface area contributed by atoms with E-state index in [4.69, 9.17) is 15.0 Å². The van der Waals surface area contributed by atoms with Crippen LogP contribution in [0.3, 0.4) is 0 Å². The van der Waals surface area contributed by atoms with Gasteiger partial charge in [-0.2, -0.15) is 10.5 Å². The summed E-state index contributed by atoms with van der Waals surface area (Å²) >= 11 is 0. The smallest absolute Gasteiger partial charge is 0.266 e. The number of fused-ring (bicyclic) bond motifs is 1. The minimum absolute atomic E-state index is 0.0680. The van der Waals surface area contributed by atoms with E-state index < -0.39 is 11.4 Å². The number of hydrogen-bond acceptors (Lipinski definition) is 7. The van der Waals surface area contributed by atoms with Gasteiger partial charge >= 0.3 is 0 Å². The second-order valence-corrected chi connectivity index (χ2v) is 8.15. The molecule has 3 heterocycles. The van der Waals surface area contributed by atoms with Gasteiger partial charge in [-0.25, -0.2) is 14.4 Å². The van der Waals surface area contributed by atoms with Crippen LogP contribution in [0.4, 0.5) is 4.39 Å². The van der Waals surface area contributed by atoms with Crippen molar-refractivity contribution in [1.82, 2.24) is 19.9 Å². The summed E-state index contributed by atoms with van der Waals surface area (Å²) < 4.78 is 21.0. The molecule has 1 aliphatic rings. The fourth-order valence-corrected chi connectivity index (χ4v) is 4.39. The van der Waals surface area contributed by atoms with Crippen LogP contribution in [0.15, 0.2) is 53.5 Å². The Morgan fingerprint density at radius 2 is 2.03 bits per heavy atom. The van der Waals surface area contributed by atoms with Crippen LogP contribution in [0.2, 0.25) is 0 Å². The highest BCUT2D eigenvalue weighted by Gasteiger charge is 2.26. The van der Waals surface area contributed by atoms with Gasteiger partial charge in [0, 0.05) is 23.4 Å². The zero-order valence-electron chi connectivity index (χ0n) is 18.7. The zero-order chi connectivity index (χ0) is 24.5. The van der Waals surface area contributed by atoms with Crippen LogP contribution in [-0.4, -0.2) is 28.2 Å². The van der Waals surface area contributed by atoms with Crippen molar-refractivity contribution in [2.45, 2.75) is 18.9 Å². The standard InChI is InChI=1S/C26H19FN6O2/c1-35-23-7-6-18(11-21(23)27)33-25(22-3-2-8-30-22)32-24-19(16-4-5-17(13-29)31-14-16)9-15(12-28)10-20(24)26(33)34/h4-7,9-11,14,22,30H,2-3,8H2,1H3. The lowest BCUT2D eigenvalue weighted by Gasteiger charge is -2.20. The number of nitrogens with one attached hydrogen (secondary N) is 1. The van der Waals surface area contributed by atoms with Crippen LogP contribution in [0.1, 0.15) is 36.0 Å². The first kappa shape index (κ1) is 22.2. The van der Waals surface area contributed by atoms with Crippen molar-refractivity contribution in [2.24, 2.45) is 0 Å². The number of methoxy groups -OCH3 is 1. The van der Waals surface area contributed by atoms with E-state index in [0.717, 1.165) is 19.4 Å². The summed E-state index contributed by atoms with van der Waals surface area (Å²) in [5, 5.41) is 22.3. The van der Waals surface area contributed by atoms with Gasteiger partial charge in [0.25, 0.3) is 5.56 Å². The summed E-state index contributed by atoms with van der Waals surface area (Å²) in [5.41, 5.74) is 2.02. The van der Waals surface area contributed by atoms with Gasteiger partial charge in [0.05, 0.1) is 41.4 Å². The van der Waals surface area contributed by atoms with Crippen molar-refractivity contribution in [3.8, 4) is 34.7 Å². The van der Waals surface area contributed by atoms with Gasteiger partial charge in [0.15, 0.2) is 11.6 Å². The first-order valence-electron chi connectivity index (χ1n) is 11.0. The van der Waals surface area contributed by atoms with E-state index in [1.807, 2.05) is 6.07 Å². The van der Waals surface area contributed by atoms with Gasteiger partial charge in [-0.05, 0) is 55.8 Å². The fraction of sp³-hybridized carbons (Fsp3) is 0.192. The minimum atomic E-state index is -0.600. The van der Waals surface area contributed by atoms with E-state index in [2.05, 4.69) is 16.4 Å². The maximum atomic E-state index is 14.6. The molecule has 0 aliphatic carbocycles. The van der Waals surface area contributed by atoms with Gasteiger partial charge in [0.1, 0.15) is 17.6 Å². The average Bonchev–Trinajstić information content (AvgIpc) is 3.43. The molecule has 1 aliphatic heterocycles. The molecule has 1 unspecified atom stereocenters. The molecule has 0 amide bonds. The van der Waals surface area contributed by atoms with Crippen LogP contribution in [0.25, 0.3) is 27.7 Å². The predicted octanol–water partition coefficient (Wildman–Crippen LogP) is 3.76. The summed E-state index contributed by atoms with van der Waals surface area (Å²) in [7, 11) is 1.37. The topological polar surface area (TPSA) is 117 Å². The number of nitriles is 2. The third-order valence-electron chi connectivity index (χ3n) is 6.08. The Hall–Kier alpha value is -4.60. The Morgan fingerprint density at radius 3 is 2.66 bits per heavy atom. The molecule has 35 heavy (non-hydrogen) atoms. The molecule has 1 saturated heterocycles. The van der Waals surface area contributed by atoms with Crippen LogP contribution < -0.4 is 15.6 Å². The average molecular weight is 466 g/mol. The van der Waals surface area contributed by atoms with E-state index >= 15 is 0 Å². The molecule has 172 valence electrons. The quantitative estimate of drug-likeness (QED) is 0.487. The summed E-state index contributed by atoms with van der Waals surface area (Å²) in [6.45, 7) is 0.773. The molecule has 1 atom stereocenters. The number of halogens is 1. The minimum Gasteiger partial charge on any atom is -0.494 e. The molecule has 2 aromatic heterocycles. The van der Waals surface area contributed by atoms with Crippen LogP contribution in [0.5, 0.6) is 5.75 Å². The van der Waals surface area contributed by atoms with E-state index in [1.54, 1.807) is 24.3 Å². The third-order valence-corrected chi connectivity index (χ3v) is 6.08. The Labute approximate surface area is 199 Å². The van der Waals surface area contributed by atoms with Crippen LogP contribution >= 0.6 is 0 Å². The van der Waals surface area contributed by atoms with E-state index in [9.17, 15) is 14.4 Å². The molecule has 0 spiro atoms. The second-order valence-electron chi connectivity index (χ2n) is 8.15. The molecule has 9 heteroatoms. The first-order chi connectivity index (χ1) is 17.0. The monoisotopic (exact) mass is 466 g/mol. The molecule has 5 rings (SSSR count). The number of aromatic nitrogens is 3. The highest BCUT2D eigenvalue weighted by molar-refractivity contribution is 5.94. The molecule has 1 fully saturated rings. The van der Waals surface area contributed by atoms with Crippen LogP contribution in [0, 0.1) is 28.5 Å². The molecule has 1 N–H and O–H groups in total. The van der Waals surface area contributed by atoms with Gasteiger partial charge in [-0.1, -0.05) is 0 Å². The molecular weight excluding hydrogens is 447 g/mol. The SMILES string of the molecule is COc1ccc(-n2c(C3CCCN3)nc3c(-c4ccc(C#N)nc4)cc(C#N)cc3c2=O)cc1F. The molecule has 0 radical (unpaired) electrons. The molecule has 8 nitrogen and oxygen atoms in total. The summed E-state index contributed by atoms with van der Waals surface area (Å²) in [4.78, 5) is 22.9. The molecule has 0 saturated carbocycles. The molecule has 0 bridgehead atoms. The number of rotatable bonds is 4. The highest BCUT2D eigenvalue weighted by atomic mass is 19.1. The lowest BCUT2D eigenvalue weighted by atomic mass is 10.00. The maximum absolute atomic E-state index is 14.6. The Balaban J connectivity index is 1.84. The van der Waals surface area contributed by atoms with E-state index in [0.29, 0.717) is 28.2 Å². The van der Waals surface area contributed by atoms with Gasteiger partial charge < -0.3 is 10.1 Å². The fourth-order valence-electron chi connectivity index (χ4n) is 4.39. The Bertz CT molecular complexity index is 1590. The summed E-state index contributed by atoms with van der Waals surface area (Å²) in [6.07, 6.45) is 3.20. The number of pyridine rings is 1. The number of hydrogen-bond donors (Lipinski definition) is 1. The van der Waals surface area contributed by atoms with Gasteiger partial charge in [-0.15, -0.1) is 0 Å². The van der Waals surface area contributed by atoms with Gasteiger partial charge in [0.2, 0.25) is 0 Å². The van der Waals surface area contributed by atoms with Crippen molar-refractivity contribution in [3.63, 3.8) is 0 Å². The lowest BCUT2D eigenvalue weighted by Crippen LogP contribution is -2.29. The van der Waals surface area contributed by atoms with Crippen molar-refractivity contribution in [2.75, 3.05) is 13.7 Å². The second kappa shape index (κ2) is 8.98. The van der Waals surface area contributed by atoms with Gasteiger partial charge in [-0.3, -0.25) is 9.36 Å². The maximum Gasteiger partial charge on any atom is 0.266 e. The van der Waals surface area contributed by atoms with E-state index in [1.165, 1.54) is 36.1 Å². The van der Waals surface area contributed by atoms with Crippen molar-refractivity contribution >= 4 is 10.9 Å². The predicted molar refractivity (Wildman–Crippen MR) is 126 cm³/mol. The van der Waals surface area contributed by atoms with Crippen LogP contribution in [-0.2, 0) is 0 Å². The zero-order valence-corrected chi connectivity index (χ0v) is 18.7. The first-order valence-corrected chi connectivity index (χ1v) is 11.0. The van der Waals surface area contributed by atoms with Crippen molar-refractivity contribution < 1.29 is 9.13 Å². The Morgan fingerprint density at radius 1 is 1.17 bits per heavy atom. The number of benzene rings is 2. The molecule has 4 aromatic rings. The number of ether oxygens (including phenoxy) is 1. The summed E-state index contributed by atoms with van der Waals surface area (Å²) in [5.74, 6) is -0.0759. The molecular formula is C26H19FN6O2. The third kappa shape index (κ3) is 3.88. The van der Waals surface area contributed by atoms with E-state index in [-0.39, 0.29) is 28.4 Å². The number of nitrogens with zero attached hydrogens (tertiary/aromatic N) is 5. The van der Waals surface area contributed by atoms with Crippen molar-refractivity contribution in [1.29, 1.82) is 10.5 Å². The van der Waals surface area contributed by atoms with Crippen molar-refractivity contribution in [3.05, 3.63) is 81.9 Å². The lowest BCUT2D eigenvalue weighted by molar-refractivity contribution is 0.386. The summed E-state index contributed by atoms with van der Waals surface area (Å²) in [6, 6.07) is 14.6. The molecule has 2 aromatic carbocycles.